The minimum Gasteiger partial charge on any atom is -0.384 e. The summed E-state index contributed by atoms with van der Waals surface area (Å²) in [7, 11) is 0. The van der Waals surface area contributed by atoms with Gasteiger partial charge in [0.05, 0.1) is 10.0 Å². The van der Waals surface area contributed by atoms with Crippen molar-refractivity contribution in [3.63, 3.8) is 0 Å². The van der Waals surface area contributed by atoms with Crippen molar-refractivity contribution < 1.29 is 9.50 Å². The molecule has 0 radical (unpaired) electrons. The van der Waals surface area contributed by atoms with Gasteiger partial charge in [-0.2, -0.15) is 0 Å². The summed E-state index contributed by atoms with van der Waals surface area (Å²) < 4.78 is 13.9. The summed E-state index contributed by atoms with van der Waals surface area (Å²) in [6.45, 7) is -0.235. The molecule has 5 heteroatoms. The number of pyridine rings is 1. The fraction of sp³-hybridized carbons (Fsp3) is 0.133. The van der Waals surface area contributed by atoms with Crippen LogP contribution in [-0.2, 0) is 5.75 Å². The van der Waals surface area contributed by atoms with Gasteiger partial charge in [0.25, 0.3) is 0 Å². The molecule has 102 valence electrons. The number of rotatable bonds is 3. The summed E-state index contributed by atoms with van der Waals surface area (Å²) in [5.74, 6) is 5.33. The number of hydrogen-bond donors (Lipinski definition) is 1. The molecule has 20 heavy (non-hydrogen) atoms. The Morgan fingerprint density at radius 2 is 2.15 bits per heavy atom. The Labute approximate surface area is 126 Å². The maximum absolute atomic E-state index is 13.9. The fourth-order valence-corrected chi connectivity index (χ4v) is 2.42. The van der Waals surface area contributed by atoms with Crippen molar-refractivity contribution in [3.05, 3.63) is 58.5 Å². The maximum atomic E-state index is 13.9. The third kappa shape index (κ3) is 4.24. The zero-order valence-electron chi connectivity index (χ0n) is 10.4. The second-order valence-electron chi connectivity index (χ2n) is 3.87. The molecule has 0 atom stereocenters. The molecule has 2 aromatic rings. The lowest BCUT2D eigenvalue weighted by atomic mass is 10.1. The third-order valence-corrected chi connectivity index (χ3v) is 3.66. The van der Waals surface area contributed by atoms with E-state index in [-0.39, 0.29) is 12.4 Å². The molecular formula is C15H11ClFNOS. The predicted molar refractivity (Wildman–Crippen MR) is 79.2 cm³/mol. The molecule has 1 heterocycles. The minimum atomic E-state index is -0.309. The summed E-state index contributed by atoms with van der Waals surface area (Å²) >= 11 is 7.19. The van der Waals surface area contributed by atoms with Crippen molar-refractivity contribution in [1.82, 2.24) is 4.98 Å². The summed E-state index contributed by atoms with van der Waals surface area (Å²) in [4.78, 5) is 4.14. The zero-order chi connectivity index (χ0) is 14.4. The lowest BCUT2D eigenvalue weighted by molar-refractivity contribution is 0.350. The summed E-state index contributed by atoms with van der Waals surface area (Å²) in [6, 6.07) is 8.34. The normalized spacial score (nSPS) is 9.95. The molecule has 0 fully saturated rings. The van der Waals surface area contributed by atoms with Crippen molar-refractivity contribution in [1.29, 1.82) is 0 Å². The van der Waals surface area contributed by atoms with Gasteiger partial charge in [0.15, 0.2) is 0 Å². The van der Waals surface area contributed by atoms with Gasteiger partial charge in [-0.15, -0.1) is 11.8 Å². The number of nitrogens with zero attached hydrogens (tertiary/aromatic N) is 1. The van der Waals surface area contributed by atoms with Gasteiger partial charge in [0.2, 0.25) is 0 Å². The molecule has 1 aromatic carbocycles. The average molecular weight is 308 g/mol. The Morgan fingerprint density at radius 3 is 2.80 bits per heavy atom. The molecule has 0 saturated carbocycles. The van der Waals surface area contributed by atoms with Crippen LogP contribution in [0.2, 0.25) is 5.02 Å². The molecule has 0 unspecified atom stereocenters. The Hall–Kier alpha value is -1.54. The van der Waals surface area contributed by atoms with Crippen molar-refractivity contribution in [2.75, 3.05) is 6.61 Å². The topological polar surface area (TPSA) is 33.1 Å². The number of hydrogen-bond acceptors (Lipinski definition) is 3. The van der Waals surface area contributed by atoms with E-state index < -0.39 is 0 Å². The SMILES string of the molecule is OCC#Cc1ccc(CSc2ccc(Cl)cn2)c(F)c1. The zero-order valence-corrected chi connectivity index (χ0v) is 12.0. The van der Waals surface area contributed by atoms with Crippen molar-refractivity contribution >= 4 is 23.4 Å². The van der Waals surface area contributed by atoms with Crippen LogP contribution in [0.4, 0.5) is 4.39 Å². The number of halogens is 2. The number of benzene rings is 1. The molecule has 2 nitrogen and oxygen atoms in total. The van der Waals surface area contributed by atoms with Gasteiger partial charge in [-0.25, -0.2) is 9.37 Å². The molecule has 0 bridgehead atoms. The van der Waals surface area contributed by atoms with E-state index in [0.717, 1.165) is 5.03 Å². The van der Waals surface area contributed by atoms with E-state index in [1.165, 1.54) is 17.8 Å². The van der Waals surface area contributed by atoms with Gasteiger partial charge in [-0.3, -0.25) is 0 Å². The third-order valence-electron chi connectivity index (χ3n) is 2.44. The highest BCUT2D eigenvalue weighted by molar-refractivity contribution is 7.98. The molecule has 0 amide bonds. The van der Waals surface area contributed by atoms with E-state index in [2.05, 4.69) is 16.8 Å². The Balaban J connectivity index is 2.04. The van der Waals surface area contributed by atoms with Crippen LogP contribution in [0.25, 0.3) is 0 Å². The summed E-state index contributed by atoms with van der Waals surface area (Å²) in [6.07, 6.45) is 1.56. The Morgan fingerprint density at radius 1 is 1.30 bits per heavy atom. The van der Waals surface area contributed by atoms with Crippen LogP contribution in [0.3, 0.4) is 0 Å². The van der Waals surface area contributed by atoms with Crippen LogP contribution in [0.1, 0.15) is 11.1 Å². The van der Waals surface area contributed by atoms with Crippen LogP contribution in [0.15, 0.2) is 41.6 Å². The first-order chi connectivity index (χ1) is 9.69. The first-order valence-electron chi connectivity index (χ1n) is 5.81. The lowest BCUT2D eigenvalue weighted by Crippen LogP contribution is -1.90. The van der Waals surface area contributed by atoms with E-state index in [0.29, 0.717) is 21.9 Å². The first-order valence-corrected chi connectivity index (χ1v) is 7.18. The van der Waals surface area contributed by atoms with Crippen LogP contribution < -0.4 is 0 Å². The van der Waals surface area contributed by atoms with Gasteiger partial charge < -0.3 is 5.11 Å². The quantitative estimate of drug-likeness (QED) is 0.696. The number of aromatic nitrogens is 1. The first kappa shape index (κ1) is 14.9. The minimum absolute atomic E-state index is 0.235. The number of aliphatic hydroxyl groups is 1. The lowest BCUT2D eigenvalue weighted by Gasteiger charge is -2.03. The summed E-state index contributed by atoms with van der Waals surface area (Å²) in [5.41, 5.74) is 1.14. The van der Waals surface area contributed by atoms with Crippen molar-refractivity contribution in [2.45, 2.75) is 10.8 Å². The monoisotopic (exact) mass is 307 g/mol. The molecule has 1 N–H and O–H groups in total. The van der Waals surface area contributed by atoms with E-state index >= 15 is 0 Å². The number of aliphatic hydroxyl groups excluding tert-OH is 1. The molecule has 0 spiro atoms. The van der Waals surface area contributed by atoms with E-state index in [1.807, 2.05) is 0 Å². The van der Waals surface area contributed by atoms with E-state index in [9.17, 15) is 4.39 Å². The fourth-order valence-electron chi connectivity index (χ4n) is 1.48. The number of thioether (sulfide) groups is 1. The highest BCUT2D eigenvalue weighted by Gasteiger charge is 2.04. The molecule has 0 saturated heterocycles. The van der Waals surface area contributed by atoms with Crippen LogP contribution in [-0.4, -0.2) is 16.7 Å². The van der Waals surface area contributed by atoms with E-state index in [4.69, 9.17) is 16.7 Å². The van der Waals surface area contributed by atoms with Gasteiger partial charge in [0.1, 0.15) is 12.4 Å². The van der Waals surface area contributed by atoms with Crippen molar-refractivity contribution in [2.24, 2.45) is 0 Å². The maximum Gasteiger partial charge on any atom is 0.128 e. The molecule has 0 aliphatic carbocycles. The van der Waals surface area contributed by atoms with Gasteiger partial charge in [-0.1, -0.05) is 29.5 Å². The van der Waals surface area contributed by atoms with E-state index in [1.54, 1.807) is 30.5 Å². The predicted octanol–water partition coefficient (Wildman–Crippen LogP) is 3.51. The molecule has 1 aromatic heterocycles. The smallest absolute Gasteiger partial charge is 0.128 e. The van der Waals surface area contributed by atoms with Crippen LogP contribution >= 0.6 is 23.4 Å². The van der Waals surface area contributed by atoms with Crippen molar-refractivity contribution in [3.8, 4) is 11.8 Å². The Kier molecular flexibility index (Phi) is 5.42. The summed E-state index contributed by atoms with van der Waals surface area (Å²) in [5, 5.41) is 9.96. The van der Waals surface area contributed by atoms with Crippen LogP contribution in [0, 0.1) is 17.7 Å². The average Bonchev–Trinajstić information content (AvgIpc) is 2.46. The second kappa shape index (κ2) is 7.30. The highest BCUT2D eigenvalue weighted by Crippen LogP contribution is 2.23. The molecular weight excluding hydrogens is 297 g/mol. The van der Waals surface area contributed by atoms with Gasteiger partial charge in [0, 0.05) is 17.5 Å². The Bertz CT molecular complexity index is 649. The van der Waals surface area contributed by atoms with Gasteiger partial charge >= 0.3 is 0 Å². The van der Waals surface area contributed by atoms with Crippen LogP contribution in [0.5, 0.6) is 0 Å². The molecule has 0 aliphatic heterocycles. The molecule has 2 rings (SSSR count). The second-order valence-corrected chi connectivity index (χ2v) is 5.30. The largest absolute Gasteiger partial charge is 0.384 e. The van der Waals surface area contributed by atoms with Gasteiger partial charge in [-0.05, 0) is 29.8 Å². The highest BCUT2D eigenvalue weighted by atomic mass is 35.5. The molecule has 0 aliphatic rings. The standard InChI is InChI=1S/C15H11ClFNOS/c16-13-5-6-15(18-9-13)20-10-12-4-3-11(2-1-7-19)8-14(12)17/h3-6,8-9,19H,7,10H2.